The predicted octanol–water partition coefficient (Wildman–Crippen LogP) is 1.29. The summed E-state index contributed by atoms with van der Waals surface area (Å²) in [5.41, 5.74) is 2.34. The zero-order valence-corrected chi connectivity index (χ0v) is 7.03. The molecule has 0 amide bonds. The van der Waals surface area contributed by atoms with Crippen molar-refractivity contribution in [3.8, 4) is 0 Å². The maximum atomic E-state index is 9.59. The van der Waals surface area contributed by atoms with Crippen molar-refractivity contribution < 1.29 is 9.84 Å². The molecular weight excluding hydrogens is 152 g/mol. The fourth-order valence-corrected chi connectivity index (χ4v) is 1.82. The van der Waals surface area contributed by atoms with E-state index in [1.165, 1.54) is 5.56 Å². The Morgan fingerprint density at radius 3 is 2.92 bits per heavy atom. The SMILES string of the molecule is CO[C@H]1c2ccccc2CC1O. The van der Waals surface area contributed by atoms with Gasteiger partial charge < -0.3 is 9.84 Å². The number of ether oxygens (including phenoxy) is 1. The highest BCUT2D eigenvalue weighted by Gasteiger charge is 2.30. The van der Waals surface area contributed by atoms with Crippen LogP contribution in [0.1, 0.15) is 17.2 Å². The Morgan fingerprint density at radius 2 is 2.17 bits per heavy atom. The first kappa shape index (κ1) is 7.77. The van der Waals surface area contributed by atoms with E-state index in [1.54, 1.807) is 7.11 Å². The summed E-state index contributed by atoms with van der Waals surface area (Å²) in [5.74, 6) is 0. The zero-order valence-electron chi connectivity index (χ0n) is 7.03. The Hall–Kier alpha value is -0.860. The molecule has 64 valence electrons. The average molecular weight is 164 g/mol. The zero-order chi connectivity index (χ0) is 8.55. The van der Waals surface area contributed by atoms with Crippen LogP contribution in [0.2, 0.25) is 0 Å². The second kappa shape index (κ2) is 2.88. The molecule has 0 saturated heterocycles. The van der Waals surface area contributed by atoms with Gasteiger partial charge in [-0.15, -0.1) is 0 Å². The molecule has 0 heterocycles. The second-order valence-electron chi connectivity index (χ2n) is 3.13. The van der Waals surface area contributed by atoms with Gasteiger partial charge in [0.05, 0.1) is 6.10 Å². The maximum absolute atomic E-state index is 9.59. The maximum Gasteiger partial charge on any atom is 0.109 e. The van der Waals surface area contributed by atoms with Crippen LogP contribution in [0.15, 0.2) is 24.3 Å². The molecule has 0 fully saturated rings. The lowest BCUT2D eigenvalue weighted by Gasteiger charge is -2.12. The van der Waals surface area contributed by atoms with Gasteiger partial charge in [0, 0.05) is 13.5 Å². The standard InChI is InChI=1S/C10H12O2/c1-12-10-8-5-3-2-4-7(8)6-9(10)11/h2-5,9-11H,6H2,1H3/t9?,10-/m0/s1. The molecule has 0 spiro atoms. The first-order valence-corrected chi connectivity index (χ1v) is 4.11. The van der Waals surface area contributed by atoms with Gasteiger partial charge in [-0.2, -0.15) is 0 Å². The van der Waals surface area contributed by atoms with Crippen molar-refractivity contribution in [2.75, 3.05) is 7.11 Å². The predicted molar refractivity (Wildman–Crippen MR) is 45.9 cm³/mol. The minimum absolute atomic E-state index is 0.124. The van der Waals surface area contributed by atoms with E-state index < -0.39 is 0 Å². The molecule has 1 aromatic rings. The van der Waals surface area contributed by atoms with Crippen LogP contribution in [0, 0.1) is 0 Å². The van der Waals surface area contributed by atoms with Crippen LogP contribution in [0.4, 0.5) is 0 Å². The number of rotatable bonds is 1. The van der Waals surface area contributed by atoms with E-state index in [0.29, 0.717) is 6.42 Å². The van der Waals surface area contributed by atoms with Crippen LogP contribution >= 0.6 is 0 Å². The fraction of sp³-hybridized carbons (Fsp3) is 0.400. The number of hydrogen-bond donors (Lipinski definition) is 1. The Labute approximate surface area is 71.8 Å². The summed E-state index contributed by atoms with van der Waals surface area (Å²) in [6.45, 7) is 0. The average Bonchev–Trinajstić information content (AvgIpc) is 2.40. The number of aliphatic hydroxyl groups is 1. The summed E-state index contributed by atoms with van der Waals surface area (Å²) in [7, 11) is 1.63. The van der Waals surface area contributed by atoms with Gasteiger partial charge in [0.1, 0.15) is 6.10 Å². The van der Waals surface area contributed by atoms with Crippen LogP contribution in [0.25, 0.3) is 0 Å². The van der Waals surface area contributed by atoms with E-state index in [0.717, 1.165) is 5.56 Å². The van der Waals surface area contributed by atoms with Crippen molar-refractivity contribution in [2.24, 2.45) is 0 Å². The summed E-state index contributed by atoms with van der Waals surface area (Å²) in [6, 6.07) is 8.02. The Kier molecular flexibility index (Phi) is 1.87. The van der Waals surface area contributed by atoms with Crippen LogP contribution in [0.3, 0.4) is 0 Å². The van der Waals surface area contributed by atoms with Crippen LogP contribution in [0.5, 0.6) is 0 Å². The number of benzene rings is 1. The lowest BCUT2D eigenvalue weighted by Crippen LogP contribution is -2.14. The van der Waals surface area contributed by atoms with E-state index in [1.807, 2.05) is 24.3 Å². The smallest absolute Gasteiger partial charge is 0.109 e. The van der Waals surface area contributed by atoms with Gasteiger partial charge >= 0.3 is 0 Å². The van der Waals surface area contributed by atoms with Crippen molar-refractivity contribution >= 4 is 0 Å². The van der Waals surface area contributed by atoms with Gasteiger partial charge in [-0.25, -0.2) is 0 Å². The van der Waals surface area contributed by atoms with Gasteiger partial charge in [-0.05, 0) is 11.1 Å². The van der Waals surface area contributed by atoms with Crippen LogP contribution < -0.4 is 0 Å². The summed E-state index contributed by atoms with van der Waals surface area (Å²) in [6.07, 6.45) is 0.225. The molecule has 0 aromatic heterocycles. The minimum atomic E-state index is -0.368. The van der Waals surface area contributed by atoms with E-state index in [-0.39, 0.29) is 12.2 Å². The number of hydrogen-bond acceptors (Lipinski definition) is 2. The minimum Gasteiger partial charge on any atom is -0.390 e. The first-order chi connectivity index (χ1) is 5.83. The molecule has 0 aliphatic heterocycles. The van der Waals surface area contributed by atoms with Gasteiger partial charge in [-0.3, -0.25) is 0 Å². The summed E-state index contributed by atoms with van der Waals surface area (Å²) >= 11 is 0. The molecule has 0 bridgehead atoms. The summed E-state index contributed by atoms with van der Waals surface area (Å²) in [4.78, 5) is 0. The molecule has 1 unspecified atom stereocenters. The van der Waals surface area contributed by atoms with Crippen LogP contribution in [-0.2, 0) is 11.2 Å². The molecule has 0 radical (unpaired) electrons. The Morgan fingerprint density at radius 1 is 1.42 bits per heavy atom. The molecule has 2 heteroatoms. The largest absolute Gasteiger partial charge is 0.390 e. The highest BCUT2D eigenvalue weighted by Crippen LogP contribution is 2.33. The molecule has 2 atom stereocenters. The normalized spacial score (nSPS) is 27.2. The molecule has 2 nitrogen and oxygen atoms in total. The highest BCUT2D eigenvalue weighted by molar-refractivity contribution is 5.35. The lowest BCUT2D eigenvalue weighted by atomic mass is 10.1. The monoisotopic (exact) mass is 164 g/mol. The van der Waals surface area contributed by atoms with E-state index >= 15 is 0 Å². The summed E-state index contributed by atoms with van der Waals surface area (Å²) < 4.78 is 5.20. The quantitative estimate of drug-likeness (QED) is 0.677. The Bertz CT molecular complexity index is 283. The topological polar surface area (TPSA) is 29.5 Å². The third-order valence-corrected chi connectivity index (χ3v) is 2.39. The highest BCUT2D eigenvalue weighted by atomic mass is 16.5. The van der Waals surface area contributed by atoms with Gasteiger partial charge in [0.2, 0.25) is 0 Å². The Balaban J connectivity index is 2.40. The van der Waals surface area contributed by atoms with Crippen molar-refractivity contribution in [1.29, 1.82) is 0 Å². The van der Waals surface area contributed by atoms with Gasteiger partial charge in [0.25, 0.3) is 0 Å². The van der Waals surface area contributed by atoms with E-state index in [2.05, 4.69) is 0 Å². The van der Waals surface area contributed by atoms with Crippen molar-refractivity contribution in [1.82, 2.24) is 0 Å². The van der Waals surface area contributed by atoms with Crippen molar-refractivity contribution in [2.45, 2.75) is 18.6 Å². The van der Waals surface area contributed by atoms with E-state index in [4.69, 9.17) is 4.74 Å². The van der Waals surface area contributed by atoms with Gasteiger partial charge in [-0.1, -0.05) is 24.3 Å². The molecule has 1 aliphatic rings. The first-order valence-electron chi connectivity index (χ1n) is 4.11. The second-order valence-corrected chi connectivity index (χ2v) is 3.13. The molecule has 2 rings (SSSR count). The molecule has 1 N–H and O–H groups in total. The molecule has 1 aromatic carbocycles. The summed E-state index contributed by atoms with van der Waals surface area (Å²) in [5, 5.41) is 9.59. The van der Waals surface area contributed by atoms with E-state index in [9.17, 15) is 5.11 Å². The fourth-order valence-electron chi connectivity index (χ4n) is 1.82. The number of methoxy groups -OCH3 is 1. The number of aliphatic hydroxyl groups excluding tert-OH is 1. The van der Waals surface area contributed by atoms with Crippen LogP contribution in [-0.4, -0.2) is 18.3 Å². The molecule has 12 heavy (non-hydrogen) atoms. The molecule has 0 saturated carbocycles. The molecular formula is C10H12O2. The van der Waals surface area contributed by atoms with Gasteiger partial charge in [0.15, 0.2) is 0 Å². The third kappa shape index (κ3) is 1.04. The molecule has 1 aliphatic carbocycles. The lowest BCUT2D eigenvalue weighted by molar-refractivity contribution is -0.000807. The van der Waals surface area contributed by atoms with Crippen molar-refractivity contribution in [3.63, 3.8) is 0 Å². The number of fused-ring (bicyclic) bond motifs is 1. The third-order valence-electron chi connectivity index (χ3n) is 2.39. The van der Waals surface area contributed by atoms with Crippen molar-refractivity contribution in [3.05, 3.63) is 35.4 Å².